The van der Waals surface area contributed by atoms with E-state index in [4.69, 9.17) is 0 Å². The molecule has 1 rings (SSSR count). The fourth-order valence-electron chi connectivity index (χ4n) is 0.668. The van der Waals surface area contributed by atoms with Crippen LogP contribution >= 0.6 is 0 Å². The Morgan fingerprint density at radius 3 is 3.09 bits per heavy atom. The van der Waals surface area contributed by atoms with Crippen molar-refractivity contribution >= 4 is 12.0 Å². The molecule has 3 nitrogen and oxygen atoms in total. The number of halogens is 1. The van der Waals surface area contributed by atoms with Crippen LogP contribution in [0.1, 0.15) is 0 Å². The maximum Gasteiger partial charge on any atom is 0.143 e. The molecule has 0 fully saturated rings. The van der Waals surface area contributed by atoms with E-state index in [1.165, 1.54) is 12.3 Å². The second-order valence-corrected chi connectivity index (χ2v) is 1.94. The molecule has 0 radical (unpaired) electrons. The van der Waals surface area contributed by atoms with Crippen molar-refractivity contribution in [3.63, 3.8) is 0 Å². The quantitative estimate of drug-likeness (QED) is 0.655. The molecular weight excluding hydrogens is 147 g/mol. The average molecular weight is 154 g/mol. The smallest absolute Gasteiger partial charge is 0.143 e. The van der Waals surface area contributed by atoms with E-state index in [1.807, 2.05) is 0 Å². The first-order valence-corrected chi connectivity index (χ1v) is 3.11. The predicted molar refractivity (Wildman–Crippen MR) is 38.7 cm³/mol. The summed E-state index contributed by atoms with van der Waals surface area (Å²) < 4.78 is 12.4. The SMILES string of the molecule is O=CCNc1cncc(F)c1. The van der Waals surface area contributed by atoms with Gasteiger partial charge in [-0.2, -0.15) is 0 Å². The van der Waals surface area contributed by atoms with Crippen molar-refractivity contribution in [2.75, 3.05) is 11.9 Å². The molecule has 1 heterocycles. The Hall–Kier alpha value is -1.45. The lowest BCUT2D eigenvalue weighted by Gasteiger charge is -1.99. The summed E-state index contributed by atoms with van der Waals surface area (Å²) in [5, 5.41) is 2.66. The van der Waals surface area contributed by atoms with Crippen LogP contribution in [0.4, 0.5) is 10.1 Å². The third-order valence-corrected chi connectivity index (χ3v) is 1.09. The van der Waals surface area contributed by atoms with Crippen LogP contribution in [0.5, 0.6) is 0 Å². The first kappa shape index (κ1) is 7.65. The van der Waals surface area contributed by atoms with E-state index in [0.29, 0.717) is 12.0 Å². The molecule has 58 valence electrons. The number of aldehydes is 1. The number of anilines is 1. The standard InChI is InChI=1S/C7H7FN2O/c8-6-3-7(5-9-4-6)10-1-2-11/h2-5,10H,1H2. The number of hydrogen-bond donors (Lipinski definition) is 1. The molecule has 1 aromatic rings. The molecule has 0 bridgehead atoms. The van der Waals surface area contributed by atoms with Gasteiger partial charge in [-0.25, -0.2) is 4.39 Å². The Balaban J connectivity index is 2.63. The number of nitrogens with zero attached hydrogens (tertiary/aromatic N) is 1. The van der Waals surface area contributed by atoms with Crippen LogP contribution in [0.15, 0.2) is 18.5 Å². The summed E-state index contributed by atoms with van der Waals surface area (Å²) in [5.41, 5.74) is 0.511. The number of carbonyl (C=O) groups is 1. The van der Waals surface area contributed by atoms with Crippen LogP contribution in [0, 0.1) is 5.82 Å². The number of aromatic nitrogens is 1. The van der Waals surface area contributed by atoms with E-state index in [0.717, 1.165) is 6.20 Å². The summed E-state index contributed by atoms with van der Waals surface area (Å²) in [6, 6.07) is 1.27. The van der Waals surface area contributed by atoms with E-state index >= 15 is 0 Å². The Morgan fingerprint density at radius 1 is 1.64 bits per heavy atom. The lowest BCUT2D eigenvalue weighted by atomic mass is 10.4. The topological polar surface area (TPSA) is 42.0 Å². The summed E-state index contributed by atoms with van der Waals surface area (Å²) in [7, 11) is 0. The minimum atomic E-state index is -0.416. The van der Waals surface area contributed by atoms with Gasteiger partial charge < -0.3 is 10.1 Å². The van der Waals surface area contributed by atoms with Crippen LogP contribution < -0.4 is 5.32 Å². The highest BCUT2D eigenvalue weighted by Gasteiger charge is 1.92. The van der Waals surface area contributed by atoms with Crippen LogP contribution in [0.25, 0.3) is 0 Å². The van der Waals surface area contributed by atoms with Gasteiger partial charge in [0.2, 0.25) is 0 Å². The van der Waals surface area contributed by atoms with Gasteiger partial charge in [-0.1, -0.05) is 0 Å². The van der Waals surface area contributed by atoms with Crippen molar-refractivity contribution in [3.05, 3.63) is 24.3 Å². The molecule has 0 amide bonds. The van der Waals surface area contributed by atoms with Gasteiger partial charge in [0, 0.05) is 6.07 Å². The Labute approximate surface area is 63.3 Å². The summed E-state index contributed by atoms with van der Waals surface area (Å²) in [4.78, 5) is 13.5. The zero-order chi connectivity index (χ0) is 8.10. The minimum absolute atomic E-state index is 0.172. The van der Waals surface area contributed by atoms with E-state index in [2.05, 4.69) is 10.3 Å². The van der Waals surface area contributed by atoms with Crippen molar-refractivity contribution in [3.8, 4) is 0 Å². The zero-order valence-electron chi connectivity index (χ0n) is 5.75. The van der Waals surface area contributed by atoms with Crippen LogP contribution in [0.3, 0.4) is 0 Å². The van der Waals surface area contributed by atoms with Crippen LogP contribution in [-0.4, -0.2) is 17.8 Å². The highest BCUT2D eigenvalue weighted by molar-refractivity contribution is 5.58. The summed E-state index contributed by atoms with van der Waals surface area (Å²) in [5.74, 6) is -0.416. The molecule has 1 N–H and O–H groups in total. The van der Waals surface area contributed by atoms with Crippen molar-refractivity contribution in [1.29, 1.82) is 0 Å². The summed E-state index contributed by atoms with van der Waals surface area (Å²) in [6.07, 6.45) is 3.25. The van der Waals surface area contributed by atoms with E-state index in [1.54, 1.807) is 0 Å². The van der Waals surface area contributed by atoms with Gasteiger partial charge in [0.1, 0.15) is 12.1 Å². The molecule has 0 spiro atoms. The van der Waals surface area contributed by atoms with Gasteiger partial charge in [0.25, 0.3) is 0 Å². The van der Waals surface area contributed by atoms with Crippen molar-refractivity contribution in [1.82, 2.24) is 4.98 Å². The molecule has 0 aliphatic rings. The molecular formula is C7H7FN2O. The van der Waals surface area contributed by atoms with Crippen molar-refractivity contribution < 1.29 is 9.18 Å². The van der Waals surface area contributed by atoms with Gasteiger partial charge in [0.05, 0.1) is 24.6 Å². The predicted octanol–water partition coefficient (Wildman–Crippen LogP) is 0.832. The molecule has 0 aliphatic carbocycles. The lowest BCUT2D eigenvalue weighted by molar-refractivity contribution is -0.106. The van der Waals surface area contributed by atoms with Gasteiger partial charge in [-0.05, 0) is 0 Å². The number of hydrogen-bond acceptors (Lipinski definition) is 3. The molecule has 0 saturated carbocycles. The maximum atomic E-state index is 12.4. The number of carbonyl (C=O) groups excluding carboxylic acids is 1. The summed E-state index contributed by atoms with van der Waals surface area (Å²) in [6.45, 7) is 0.172. The van der Waals surface area contributed by atoms with Crippen LogP contribution in [0.2, 0.25) is 0 Å². The largest absolute Gasteiger partial charge is 0.377 e. The lowest BCUT2D eigenvalue weighted by Crippen LogP contribution is -2.02. The van der Waals surface area contributed by atoms with E-state index in [-0.39, 0.29) is 6.54 Å². The van der Waals surface area contributed by atoms with Gasteiger partial charge in [0.15, 0.2) is 0 Å². The van der Waals surface area contributed by atoms with Gasteiger partial charge in [-0.3, -0.25) is 4.98 Å². The number of pyridine rings is 1. The average Bonchev–Trinajstić information content (AvgIpc) is 2.01. The second kappa shape index (κ2) is 3.65. The third kappa shape index (κ3) is 2.33. The third-order valence-electron chi connectivity index (χ3n) is 1.09. The number of rotatable bonds is 3. The van der Waals surface area contributed by atoms with Crippen molar-refractivity contribution in [2.24, 2.45) is 0 Å². The molecule has 0 unspecified atom stereocenters. The van der Waals surface area contributed by atoms with Gasteiger partial charge in [-0.15, -0.1) is 0 Å². The Morgan fingerprint density at radius 2 is 2.45 bits per heavy atom. The molecule has 0 saturated heterocycles. The minimum Gasteiger partial charge on any atom is -0.377 e. The maximum absolute atomic E-state index is 12.4. The monoisotopic (exact) mass is 154 g/mol. The van der Waals surface area contributed by atoms with Crippen molar-refractivity contribution in [2.45, 2.75) is 0 Å². The fourth-order valence-corrected chi connectivity index (χ4v) is 0.668. The molecule has 0 aliphatic heterocycles. The molecule has 4 heteroatoms. The molecule has 1 aromatic heterocycles. The zero-order valence-corrected chi connectivity index (χ0v) is 5.75. The normalized spacial score (nSPS) is 9.18. The van der Waals surface area contributed by atoms with E-state index < -0.39 is 5.82 Å². The highest BCUT2D eigenvalue weighted by atomic mass is 19.1. The van der Waals surface area contributed by atoms with E-state index in [9.17, 15) is 9.18 Å². The molecule has 11 heavy (non-hydrogen) atoms. The van der Waals surface area contributed by atoms with Crippen LogP contribution in [-0.2, 0) is 4.79 Å². The Bertz CT molecular complexity index is 252. The summed E-state index contributed by atoms with van der Waals surface area (Å²) >= 11 is 0. The first-order valence-electron chi connectivity index (χ1n) is 3.11. The first-order chi connectivity index (χ1) is 5.33. The Kier molecular flexibility index (Phi) is 2.54. The highest BCUT2D eigenvalue weighted by Crippen LogP contribution is 2.04. The number of nitrogens with one attached hydrogen (secondary N) is 1. The fraction of sp³-hybridized carbons (Fsp3) is 0.143. The molecule has 0 aromatic carbocycles. The molecule has 0 atom stereocenters. The van der Waals surface area contributed by atoms with Gasteiger partial charge >= 0.3 is 0 Å². The second-order valence-electron chi connectivity index (χ2n) is 1.94.